The van der Waals surface area contributed by atoms with Crippen LogP contribution in [0.2, 0.25) is 0 Å². The number of hydrogen-bond acceptors (Lipinski definition) is 10. The molecule has 0 bridgehead atoms. The molecule has 0 spiro atoms. The van der Waals surface area contributed by atoms with E-state index in [-0.39, 0.29) is 13.0 Å². The minimum Gasteiger partial charge on any atom is -0.468 e. The monoisotopic (exact) mass is 485 g/mol. The van der Waals surface area contributed by atoms with Crippen molar-refractivity contribution in [1.29, 1.82) is 0 Å². The van der Waals surface area contributed by atoms with Crippen LogP contribution in [0.1, 0.15) is 51.9 Å². The Labute approximate surface area is 202 Å². The Morgan fingerprint density at radius 2 is 1.97 bits per heavy atom. The molecule has 3 aliphatic heterocycles. The maximum absolute atomic E-state index is 11.0. The van der Waals surface area contributed by atoms with Crippen molar-refractivity contribution in [2.45, 2.75) is 101 Å². The molecular formula is C24H43N3O7. The van der Waals surface area contributed by atoms with Gasteiger partial charge in [0, 0.05) is 18.9 Å². The highest BCUT2D eigenvalue weighted by atomic mass is 16.7. The van der Waals surface area contributed by atoms with Crippen LogP contribution in [0.4, 0.5) is 0 Å². The minimum atomic E-state index is -1.11. The Hall–Kier alpha value is -0.820. The molecule has 4 aliphatic rings. The van der Waals surface area contributed by atoms with Crippen LogP contribution in [0.3, 0.4) is 0 Å². The SMILES string of the molecule is C[C@]1(O)CO[C@H](O[C@@H]2C(O)[C@H](O[C@@H]3CCC=C(CNCC4CCNCC4)O3)CC[C@H]2N)[C@H](O)C1. The Kier molecular flexibility index (Phi) is 9.22. The maximum Gasteiger partial charge on any atom is 0.200 e. The molecule has 196 valence electrons. The first-order chi connectivity index (χ1) is 16.3. The van der Waals surface area contributed by atoms with Crippen LogP contribution >= 0.6 is 0 Å². The van der Waals surface area contributed by atoms with Gasteiger partial charge in [-0.15, -0.1) is 0 Å². The number of ether oxygens (including phenoxy) is 4. The van der Waals surface area contributed by atoms with E-state index in [9.17, 15) is 15.3 Å². The van der Waals surface area contributed by atoms with E-state index in [0.717, 1.165) is 38.2 Å². The zero-order valence-corrected chi connectivity index (χ0v) is 20.2. The third-order valence-electron chi connectivity index (χ3n) is 7.31. The summed E-state index contributed by atoms with van der Waals surface area (Å²) in [6.07, 6.45) is 2.84. The standard InChI is InChI=1S/C24H43N3O7/c1-24(30)11-18(28)23(31-14-24)34-22-17(25)5-6-19(21(22)29)33-20-4-2-3-16(32-20)13-27-12-15-7-9-26-10-8-15/h3,15,17-23,26-30H,2,4-14,25H2,1H3/t17-,18-,19-,20-,21?,22+,23-,24-/m1/s1. The zero-order chi connectivity index (χ0) is 24.1. The van der Waals surface area contributed by atoms with Gasteiger partial charge in [-0.3, -0.25) is 0 Å². The predicted octanol–water partition coefficient (Wildman–Crippen LogP) is -0.293. The molecule has 10 nitrogen and oxygen atoms in total. The van der Waals surface area contributed by atoms with Crippen molar-refractivity contribution in [2.24, 2.45) is 11.7 Å². The smallest absolute Gasteiger partial charge is 0.200 e. The predicted molar refractivity (Wildman–Crippen MR) is 125 cm³/mol. The summed E-state index contributed by atoms with van der Waals surface area (Å²) in [4.78, 5) is 0. The average molecular weight is 486 g/mol. The molecule has 0 amide bonds. The van der Waals surface area contributed by atoms with Crippen LogP contribution < -0.4 is 16.4 Å². The minimum absolute atomic E-state index is 0.0450. The number of nitrogens with two attached hydrogens (primary N) is 1. The van der Waals surface area contributed by atoms with E-state index in [1.807, 2.05) is 0 Å². The quantitative estimate of drug-likeness (QED) is 0.271. The van der Waals surface area contributed by atoms with Gasteiger partial charge in [-0.2, -0.15) is 0 Å². The Morgan fingerprint density at radius 3 is 2.74 bits per heavy atom. The van der Waals surface area contributed by atoms with E-state index < -0.39 is 48.6 Å². The van der Waals surface area contributed by atoms with Crippen LogP contribution in [0.25, 0.3) is 0 Å². The number of nitrogens with one attached hydrogen (secondary N) is 2. The Balaban J connectivity index is 1.24. The molecule has 2 saturated heterocycles. The van der Waals surface area contributed by atoms with Crippen molar-refractivity contribution in [3.63, 3.8) is 0 Å². The summed E-state index contributed by atoms with van der Waals surface area (Å²) in [7, 11) is 0. The third-order valence-corrected chi connectivity index (χ3v) is 7.31. The molecule has 7 N–H and O–H groups in total. The lowest BCUT2D eigenvalue weighted by Crippen LogP contribution is -2.59. The highest BCUT2D eigenvalue weighted by Gasteiger charge is 2.44. The molecule has 8 atom stereocenters. The Morgan fingerprint density at radius 1 is 1.18 bits per heavy atom. The van der Waals surface area contributed by atoms with Crippen molar-refractivity contribution >= 4 is 0 Å². The summed E-state index contributed by atoms with van der Waals surface area (Å²) in [6.45, 7) is 5.49. The number of rotatable bonds is 8. The molecule has 3 heterocycles. The normalized spacial score (nSPS) is 42.1. The molecule has 4 rings (SSSR count). The molecule has 0 radical (unpaired) electrons. The molecule has 0 aromatic heterocycles. The molecule has 1 unspecified atom stereocenters. The van der Waals surface area contributed by atoms with Gasteiger partial charge in [0.05, 0.1) is 24.9 Å². The van der Waals surface area contributed by atoms with Crippen molar-refractivity contribution in [3.8, 4) is 0 Å². The summed E-state index contributed by atoms with van der Waals surface area (Å²) in [5.41, 5.74) is 5.13. The summed E-state index contributed by atoms with van der Waals surface area (Å²) in [5, 5.41) is 38.3. The number of hydrogen-bond donors (Lipinski definition) is 6. The summed E-state index contributed by atoms with van der Waals surface area (Å²) in [6, 6.07) is -0.407. The fourth-order valence-electron chi connectivity index (χ4n) is 5.30. The van der Waals surface area contributed by atoms with E-state index in [1.54, 1.807) is 6.92 Å². The second kappa shape index (κ2) is 11.9. The van der Waals surface area contributed by atoms with Gasteiger partial charge in [-0.1, -0.05) is 0 Å². The van der Waals surface area contributed by atoms with Gasteiger partial charge in [-0.05, 0) is 70.7 Å². The van der Waals surface area contributed by atoms with Gasteiger partial charge in [0.1, 0.15) is 24.1 Å². The van der Waals surface area contributed by atoms with Crippen molar-refractivity contribution in [3.05, 3.63) is 11.8 Å². The first kappa shape index (κ1) is 26.2. The van der Waals surface area contributed by atoms with Gasteiger partial charge >= 0.3 is 0 Å². The summed E-state index contributed by atoms with van der Waals surface area (Å²) in [5.74, 6) is 1.58. The van der Waals surface area contributed by atoms with Crippen molar-refractivity contribution in [2.75, 3.05) is 32.8 Å². The van der Waals surface area contributed by atoms with Crippen LogP contribution in [0.15, 0.2) is 11.8 Å². The van der Waals surface area contributed by atoms with Crippen LogP contribution in [0.5, 0.6) is 0 Å². The van der Waals surface area contributed by atoms with Gasteiger partial charge in [-0.25, -0.2) is 0 Å². The zero-order valence-electron chi connectivity index (χ0n) is 20.2. The highest BCUT2D eigenvalue weighted by molar-refractivity contribution is 5.00. The number of piperidine rings is 1. The van der Waals surface area contributed by atoms with Gasteiger partial charge in [0.15, 0.2) is 12.6 Å². The summed E-state index contributed by atoms with van der Waals surface area (Å²) >= 11 is 0. The molecular weight excluding hydrogens is 442 g/mol. The van der Waals surface area contributed by atoms with Crippen molar-refractivity contribution < 1.29 is 34.3 Å². The lowest BCUT2D eigenvalue weighted by Gasteiger charge is -2.44. The average Bonchev–Trinajstić information content (AvgIpc) is 2.80. The lowest BCUT2D eigenvalue weighted by molar-refractivity contribution is -0.294. The second-order valence-electron chi connectivity index (χ2n) is 10.6. The van der Waals surface area contributed by atoms with Gasteiger partial charge in [0.2, 0.25) is 0 Å². The van der Waals surface area contributed by atoms with E-state index in [4.69, 9.17) is 24.7 Å². The first-order valence-corrected chi connectivity index (χ1v) is 12.8. The maximum atomic E-state index is 11.0. The lowest BCUT2D eigenvalue weighted by atomic mass is 9.87. The fraction of sp³-hybridized carbons (Fsp3) is 0.917. The van der Waals surface area contributed by atoms with Crippen LogP contribution in [-0.2, 0) is 18.9 Å². The summed E-state index contributed by atoms with van der Waals surface area (Å²) < 4.78 is 23.7. The highest BCUT2D eigenvalue weighted by Crippen LogP contribution is 2.31. The fourth-order valence-corrected chi connectivity index (χ4v) is 5.30. The van der Waals surface area contributed by atoms with E-state index >= 15 is 0 Å². The molecule has 10 heteroatoms. The van der Waals surface area contributed by atoms with E-state index in [1.165, 1.54) is 12.8 Å². The van der Waals surface area contributed by atoms with Crippen molar-refractivity contribution in [1.82, 2.24) is 10.6 Å². The van der Waals surface area contributed by atoms with E-state index in [0.29, 0.717) is 25.3 Å². The second-order valence-corrected chi connectivity index (χ2v) is 10.6. The largest absolute Gasteiger partial charge is 0.468 e. The first-order valence-electron chi connectivity index (χ1n) is 12.8. The van der Waals surface area contributed by atoms with E-state index in [2.05, 4.69) is 16.7 Å². The number of aliphatic hydroxyl groups is 3. The van der Waals surface area contributed by atoms with Gasteiger partial charge < -0.3 is 50.6 Å². The molecule has 3 fully saturated rings. The molecule has 34 heavy (non-hydrogen) atoms. The van der Waals surface area contributed by atoms with Crippen LogP contribution in [0, 0.1) is 5.92 Å². The number of aliphatic hydroxyl groups excluding tert-OH is 2. The van der Waals surface area contributed by atoms with Crippen LogP contribution in [-0.4, -0.2) is 96.7 Å². The molecule has 1 saturated carbocycles. The number of allylic oxidation sites excluding steroid dienone is 1. The topological polar surface area (TPSA) is 148 Å². The molecule has 0 aromatic carbocycles. The van der Waals surface area contributed by atoms with Gasteiger partial charge in [0.25, 0.3) is 0 Å². The molecule has 0 aromatic rings. The molecule has 1 aliphatic carbocycles. The Bertz CT molecular complexity index is 673. The third kappa shape index (κ3) is 7.11.